The maximum absolute atomic E-state index is 14.4. The lowest BCUT2D eigenvalue weighted by molar-refractivity contribution is -0.154. The summed E-state index contributed by atoms with van der Waals surface area (Å²) in [5, 5.41) is 17.6. The Kier molecular flexibility index (Phi) is 33.4. The minimum atomic E-state index is -1.40. The number of aromatic amines is 1. The van der Waals surface area contributed by atoms with E-state index in [4.69, 9.17) is 103 Å². The molecule has 0 fully saturated rings. The van der Waals surface area contributed by atoms with Crippen LogP contribution in [0.5, 0.6) is 23.0 Å². The molecule has 0 atom stereocenters. The van der Waals surface area contributed by atoms with E-state index >= 15 is 0 Å². The topological polar surface area (TPSA) is 263 Å². The monoisotopic (exact) mass is 1890 g/mol. The molecule has 2 heterocycles. The SMILES string of the molecule is C=Cc1cccc(N(CC(=O)OC(C)(C)C)C(=O)c2c(Cl)cc(Cl)cc2Cl)c1.CC(C)(C)OC(=O)CN(C(=O)c1c(Cl)cc(Cl)cc1Cl)c1cccc(-c2ccn[nH]2)c1.CC(C)(C)OC(=O)CN(C(=O)c1c(F)cc(F)cc1F)c1cccc(-c2ccc3c(c2)OCO3)c1.COc1cc(-c2cccc(N(CC(=O)OC(C)(C)C)C(=O)c3c(F)cc(F)cc3F)c2)ccc1O. The lowest BCUT2D eigenvalue weighted by Gasteiger charge is -2.26. The molecule has 2 N–H and O–H groups in total. The third kappa shape index (κ3) is 28.0. The first-order valence-corrected chi connectivity index (χ1v) is 41.3. The fraction of sp³-hybridized carbons (Fsp3) is 0.232. The van der Waals surface area contributed by atoms with E-state index in [9.17, 15) is 69.8 Å². The van der Waals surface area contributed by atoms with Crippen molar-refractivity contribution in [3.63, 3.8) is 0 Å². The van der Waals surface area contributed by atoms with Gasteiger partial charge >= 0.3 is 23.9 Å². The number of rotatable bonds is 21. The predicted molar refractivity (Wildman–Crippen MR) is 484 cm³/mol. The minimum Gasteiger partial charge on any atom is -0.504 e. The van der Waals surface area contributed by atoms with Crippen molar-refractivity contribution in [2.45, 2.75) is 105 Å². The number of benzene rings is 10. The molecule has 22 nitrogen and oxygen atoms in total. The van der Waals surface area contributed by atoms with Crippen molar-refractivity contribution in [2.24, 2.45) is 0 Å². The summed E-state index contributed by atoms with van der Waals surface area (Å²) >= 11 is 36.9. The van der Waals surface area contributed by atoms with Gasteiger partial charge in [-0.2, -0.15) is 5.10 Å². The summed E-state index contributed by atoms with van der Waals surface area (Å²) in [6.07, 6.45) is 3.26. The Labute approximate surface area is 769 Å². The predicted octanol–water partition coefficient (Wildman–Crippen LogP) is 23.3. The molecule has 0 saturated carbocycles. The Morgan fingerprint density at radius 1 is 0.411 bits per heavy atom. The maximum atomic E-state index is 14.4. The van der Waals surface area contributed by atoms with Gasteiger partial charge in [0.05, 0.1) is 44.0 Å². The third-order valence-electron chi connectivity index (χ3n) is 17.6. The molecule has 11 aromatic rings. The van der Waals surface area contributed by atoms with Gasteiger partial charge < -0.3 is 38.3 Å². The number of nitrogens with one attached hydrogen (secondary N) is 1. The van der Waals surface area contributed by atoms with Crippen LogP contribution in [0.1, 0.15) is 130 Å². The van der Waals surface area contributed by atoms with Gasteiger partial charge in [-0.3, -0.25) is 63.1 Å². The van der Waals surface area contributed by atoms with Crippen molar-refractivity contribution in [3.05, 3.63) is 294 Å². The molecule has 0 unspecified atom stereocenters. The van der Waals surface area contributed by atoms with Gasteiger partial charge in [0.2, 0.25) is 6.79 Å². The smallest absolute Gasteiger partial charge is 0.326 e. The number of anilines is 4. The molecule has 0 bridgehead atoms. The number of halogens is 12. The van der Waals surface area contributed by atoms with Crippen LogP contribution in [0.15, 0.2) is 201 Å². The van der Waals surface area contributed by atoms with Gasteiger partial charge in [0.1, 0.15) is 94.6 Å². The number of phenolic OH excluding ortho intramolecular Hbond substituents is 1. The number of esters is 4. The number of phenols is 1. The highest BCUT2D eigenvalue weighted by atomic mass is 35.5. The normalized spacial score (nSPS) is 11.5. The van der Waals surface area contributed by atoms with E-state index < -0.39 is 129 Å². The van der Waals surface area contributed by atoms with E-state index in [1.165, 1.54) is 65.4 Å². The Balaban J connectivity index is 0.000000195. The maximum Gasteiger partial charge on any atom is 0.326 e. The molecule has 1 aliphatic heterocycles. The van der Waals surface area contributed by atoms with Crippen molar-refractivity contribution < 1.29 is 103 Å². The van der Waals surface area contributed by atoms with Gasteiger partial charge in [0.25, 0.3) is 23.6 Å². The Morgan fingerprint density at radius 2 is 0.736 bits per heavy atom. The molecule has 0 saturated heterocycles. The second kappa shape index (κ2) is 43.0. The number of amides is 4. The fourth-order valence-corrected chi connectivity index (χ4v) is 14.3. The van der Waals surface area contributed by atoms with Crippen LogP contribution in [0.4, 0.5) is 49.1 Å². The van der Waals surface area contributed by atoms with Crippen LogP contribution in [-0.4, -0.2) is 125 Å². The van der Waals surface area contributed by atoms with Crippen molar-refractivity contribution in [1.29, 1.82) is 0 Å². The summed E-state index contributed by atoms with van der Waals surface area (Å²) in [7, 11) is 1.39. The van der Waals surface area contributed by atoms with Crippen LogP contribution in [-0.2, 0) is 38.1 Å². The van der Waals surface area contributed by atoms with Crippen LogP contribution < -0.4 is 33.8 Å². The molecular weight excluding hydrogens is 1810 g/mol. The van der Waals surface area contributed by atoms with E-state index in [-0.39, 0.29) is 74.0 Å². The largest absolute Gasteiger partial charge is 0.504 e. The molecule has 676 valence electrons. The van der Waals surface area contributed by atoms with Gasteiger partial charge in [0, 0.05) is 68.8 Å². The molecule has 1 aromatic heterocycles. The molecule has 0 aliphatic carbocycles. The summed E-state index contributed by atoms with van der Waals surface area (Å²) < 4.78 is 122. The summed E-state index contributed by atoms with van der Waals surface area (Å²) in [5.74, 6) is -12.8. The molecular formula is C95H86Cl6F6N6O16. The van der Waals surface area contributed by atoms with Gasteiger partial charge in [-0.1, -0.05) is 143 Å². The molecule has 34 heteroatoms. The lowest BCUT2D eigenvalue weighted by Crippen LogP contribution is -2.39. The molecule has 129 heavy (non-hydrogen) atoms. The zero-order valence-corrected chi connectivity index (χ0v) is 76.2. The quantitative estimate of drug-likeness (QED) is 0.0385. The van der Waals surface area contributed by atoms with E-state index in [0.29, 0.717) is 73.9 Å². The average molecular weight is 1890 g/mol. The molecule has 0 radical (unpaired) electrons. The van der Waals surface area contributed by atoms with E-state index in [1.54, 1.807) is 198 Å². The Hall–Kier alpha value is -12.6. The van der Waals surface area contributed by atoms with Gasteiger partial charge in [-0.05, 0) is 214 Å². The van der Waals surface area contributed by atoms with E-state index in [0.717, 1.165) is 32.2 Å². The van der Waals surface area contributed by atoms with Crippen LogP contribution in [0, 0.1) is 34.9 Å². The number of carbonyl (C=O) groups excluding carboxylic acids is 8. The van der Waals surface area contributed by atoms with Crippen LogP contribution in [0.25, 0.3) is 39.6 Å². The second-order valence-corrected chi connectivity index (χ2v) is 34.8. The van der Waals surface area contributed by atoms with Crippen LogP contribution in [0.2, 0.25) is 30.1 Å². The minimum absolute atomic E-state index is 0.0447. The molecule has 0 spiro atoms. The van der Waals surface area contributed by atoms with Crippen molar-refractivity contribution >= 4 is 146 Å². The van der Waals surface area contributed by atoms with Crippen molar-refractivity contribution in [2.75, 3.05) is 59.7 Å². The standard InChI is InChI=1S/C26H22F3NO5.C26H24F3NO5.C22H20Cl3N3O3.C21H20Cl3NO3/c1-26(2,3)35-23(31)13-30(25(32)24-19(28)11-17(27)12-20(24)29)18-6-4-5-15(9-18)16-7-8-21-22(10-16)34-14-33-21;1-26(2,3)35-23(32)14-30(25(33)24-19(28)12-17(27)13-20(24)29)18-7-5-6-15(10-18)16-8-9-21(31)22(11-16)34-4;1-22(2,3)31-19(29)12-28(21(30)20-16(24)10-14(23)11-17(20)25)15-6-4-5-13(9-15)18-7-8-26-27-18;1-5-13-7-6-8-15(9-13)25(12-18(26)28-21(2,3)4)20(27)19-16(23)10-14(22)11-17(19)24/h4-12H,13-14H2,1-3H3;5-13,31H,14H2,1-4H3;4-11H,12H2,1-3H3,(H,26,27);5-11H,1,12H2,2-4H3. The number of H-pyrrole nitrogens is 1. The first-order valence-electron chi connectivity index (χ1n) is 39.0. The zero-order chi connectivity index (χ0) is 95.1. The fourth-order valence-electron chi connectivity index (χ4n) is 12.4. The van der Waals surface area contributed by atoms with E-state index in [2.05, 4.69) is 16.8 Å². The number of aromatic hydroxyl groups is 1. The highest BCUT2D eigenvalue weighted by molar-refractivity contribution is 6.44. The van der Waals surface area contributed by atoms with Crippen molar-refractivity contribution in [3.8, 4) is 56.5 Å². The van der Waals surface area contributed by atoms with Crippen LogP contribution >= 0.6 is 69.6 Å². The number of fused-ring (bicyclic) bond motifs is 1. The Morgan fingerprint density at radius 3 is 1.09 bits per heavy atom. The first-order chi connectivity index (χ1) is 60.5. The number of nitrogens with zero attached hydrogens (tertiary/aromatic N) is 5. The molecule has 4 amide bonds. The average Bonchev–Trinajstić information content (AvgIpc) is 1.31. The van der Waals surface area contributed by atoms with Gasteiger partial charge in [-0.15, -0.1) is 0 Å². The summed E-state index contributed by atoms with van der Waals surface area (Å²) in [4.78, 5) is 108. The highest BCUT2D eigenvalue weighted by Crippen LogP contribution is 2.40. The number of hydrogen-bond acceptors (Lipinski definition) is 17. The number of hydrogen-bond donors (Lipinski definition) is 2. The number of methoxy groups -OCH3 is 1. The second-order valence-electron chi connectivity index (χ2n) is 32.3. The number of aromatic nitrogens is 2. The summed E-state index contributed by atoms with van der Waals surface area (Å²) in [6, 6.07) is 45.8. The number of ether oxygens (including phenoxy) is 7. The zero-order valence-electron chi connectivity index (χ0n) is 71.6. The Bertz CT molecular complexity index is 5810. The highest BCUT2D eigenvalue weighted by Gasteiger charge is 2.35. The summed E-state index contributed by atoms with van der Waals surface area (Å²) in [6.45, 7) is 22.3. The van der Waals surface area contributed by atoms with Crippen molar-refractivity contribution in [1.82, 2.24) is 10.2 Å². The molecule has 10 aromatic carbocycles. The van der Waals surface area contributed by atoms with Crippen LogP contribution in [0.3, 0.4) is 0 Å². The third-order valence-corrected chi connectivity index (χ3v) is 19.2. The lowest BCUT2D eigenvalue weighted by atomic mass is 10.0. The van der Waals surface area contributed by atoms with Gasteiger partial charge in [0.15, 0.2) is 23.0 Å². The summed E-state index contributed by atoms with van der Waals surface area (Å²) in [5.41, 5.74) is 1.09. The number of carbonyl (C=O) groups is 8. The first kappa shape index (κ1) is 100. The molecule has 12 rings (SSSR count). The molecule has 1 aliphatic rings. The van der Waals surface area contributed by atoms with Gasteiger partial charge in [-0.25, -0.2) is 26.3 Å². The van der Waals surface area contributed by atoms with E-state index in [1.807, 2.05) is 12.1 Å².